The predicted octanol–water partition coefficient (Wildman–Crippen LogP) is 1.63. The van der Waals surface area contributed by atoms with Crippen molar-refractivity contribution in [1.82, 2.24) is 0 Å². The fourth-order valence-corrected chi connectivity index (χ4v) is 0.358. The van der Waals surface area contributed by atoms with Gasteiger partial charge >= 0.3 is 0 Å². The minimum atomic E-state index is -0.841. The minimum absolute atomic E-state index is 0.0689. The van der Waals surface area contributed by atoms with Crippen LogP contribution in [0.3, 0.4) is 0 Å². The molecule has 0 saturated heterocycles. The average Bonchev–Trinajstić information content (AvgIpc) is 2.18. The van der Waals surface area contributed by atoms with Crippen LogP contribution in [0.4, 0.5) is 0 Å². The smallest absolute Gasteiger partial charge is 0.132 e. The lowest BCUT2D eigenvalue weighted by Gasteiger charge is -2.20. The summed E-state index contributed by atoms with van der Waals surface area (Å²) in [6, 6.07) is 0. The third kappa shape index (κ3) is 5.96. The zero-order valence-corrected chi connectivity index (χ0v) is 11.7. The van der Waals surface area contributed by atoms with Crippen molar-refractivity contribution in [2.24, 2.45) is 21.7 Å². The molecule has 0 aliphatic heterocycles. The molecule has 0 heterocycles. The van der Waals surface area contributed by atoms with Crippen LogP contribution in [0.5, 0.6) is 0 Å². The second-order valence-electron chi connectivity index (χ2n) is 4.15. The molecule has 0 saturated carbocycles. The molecular weight excluding hydrogens is 244 g/mol. The van der Waals surface area contributed by atoms with Crippen LogP contribution in [-0.4, -0.2) is 22.7 Å². The largest absolute Gasteiger partial charge is 0.386 e. The standard InChI is InChI=1S/C8H18N6.H2S2/c1-7(2,5(9)10)13-14-8(3,4)6(11)12;1-2/h1-4H3,(H3,9,10)(H3,11,12);1-2H. The zero-order valence-electron chi connectivity index (χ0n) is 9.94. The van der Waals surface area contributed by atoms with Crippen LogP contribution < -0.4 is 11.5 Å². The first-order valence-corrected chi connectivity index (χ1v) is 6.02. The van der Waals surface area contributed by atoms with Crippen LogP contribution >= 0.6 is 23.3 Å². The maximum atomic E-state index is 7.25. The van der Waals surface area contributed by atoms with Crippen molar-refractivity contribution in [1.29, 1.82) is 10.8 Å². The Morgan fingerprint density at radius 1 is 0.875 bits per heavy atom. The van der Waals surface area contributed by atoms with Crippen molar-refractivity contribution < 1.29 is 0 Å². The normalized spacial score (nSPS) is 11.9. The van der Waals surface area contributed by atoms with Crippen molar-refractivity contribution in [2.45, 2.75) is 38.8 Å². The Kier molecular flexibility index (Phi) is 7.43. The molecule has 16 heavy (non-hydrogen) atoms. The molecule has 0 aliphatic carbocycles. The molecule has 0 aromatic rings. The summed E-state index contributed by atoms with van der Waals surface area (Å²) in [5, 5.41) is 22.3. The van der Waals surface area contributed by atoms with Crippen molar-refractivity contribution in [3.63, 3.8) is 0 Å². The van der Waals surface area contributed by atoms with E-state index in [1.165, 1.54) is 0 Å². The van der Waals surface area contributed by atoms with Crippen LogP contribution in [0.2, 0.25) is 0 Å². The number of rotatable bonds is 4. The molecule has 0 rings (SSSR count). The van der Waals surface area contributed by atoms with E-state index in [0.29, 0.717) is 0 Å². The van der Waals surface area contributed by atoms with Gasteiger partial charge in [0.1, 0.15) is 22.7 Å². The summed E-state index contributed by atoms with van der Waals surface area (Å²) < 4.78 is 0. The van der Waals surface area contributed by atoms with E-state index in [4.69, 9.17) is 22.3 Å². The lowest BCUT2D eigenvalue weighted by Crippen LogP contribution is -2.38. The van der Waals surface area contributed by atoms with Gasteiger partial charge in [0, 0.05) is 0 Å². The second kappa shape index (κ2) is 6.74. The highest BCUT2D eigenvalue weighted by Crippen LogP contribution is 2.15. The third-order valence-electron chi connectivity index (χ3n) is 1.87. The van der Waals surface area contributed by atoms with E-state index in [1.54, 1.807) is 27.7 Å². The van der Waals surface area contributed by atoms with E-state index >= 15 is 0 Å². The Morgan fingerprint density at radius 2 is 1.06 bits per heavy atom. The molecule has 0 aliphatic rings. The number of amidine groups is 2. The van der Waals surface area contributed by atoms with E-state index in [-0.39, 0.29) is 11.7 Å². The summed E-state index contributed by atoms with van der Waals surface area (Å²) in [4.78, 5) is 0. The van der Waals surface area contributed by atoms with Gasteiger partial charge < -0.3 is 11.5 Å². The molecule has 94 valence electrons. The molecule has 0 fully saturated rings. The molecule has 0 radical (unpaired) electrons. The van der Waals surface area contributed by atoms with Gasteiger partial charge in [-0.3, -0.25) is 10.8 Å². The highest BCUT2D eigenvalue weighted by Gasteiger charge is 2.25. The van der Waals surface area contributed by atoms with E-state index in [0.717, 1.165) is 0 Å². The molecule has 0 atom stereocenters. The lowest BCUT2D eigenvalue weighted by atomic mass is 10.1. The number of thiol groups is 2. The van der Waals surface area contributed by atoms with Crippen molar-refractivity contribution in [2.75, 3.05) is 0 Å². The molecule has 0 unspecified atom stereocenters. The molecule has 0 aromatic heterocycles. The Balaban J connectivity index is 0. The van der Waals surface area contributed by atoms with Gasteiger partial charge in [-0.2, -0.15) is 10.2 Å². The first-order chi connectivity index (χ1) is 7.09. The molecule has 0 amide bonds. The van der Waals surface area contributed by atoms with Crippen LogP contribution in [0.15, 0.2) is 10.2 Å². The van der Waals surface area contributed by atoms with E-state index in [1.807, 2.05) is 0 Å². The van der Waals surface area contributed by atoms with Gasteiger partial charge in [-0.25, -0.2) is 0 Å². The van der Waals surface area contributed by atoms with E-state index in [2.05, 4.69) is 33.6 Å². The molecule has 6 N–H and O–H groups in total. The topological polar surface area (TPSA) is 124 Å². The number of hydrogen-bond donors (Lipinski definition) is 6. The summed E-state index contributed by atoms with van der Waals surface area (Å²) >= 11 is 6.44. The van der Waals surface area contributed by atoms with Crippen molar-refractivity contribution in [3.05, 3.63) is 0 Å². The quantitative estimate of drug-likeness (QED) is 0.152. The van der Waals surface area contributed by atoms with Gasteiger partial charge in [-0.1, -0.05) is 0 Å². The van der Waals surface area contributed by atoms with Crippen LogP contribution in [-0.2, 0) is 0 Å². The fourth-order valence-electron chi connectivity index (χ4n) is 0.358. The lowest BCUT2D eigenvalue weighted by molar-refractivity contribution is 0.557. The summed E-state index contributed by atoms with van der Waals surface area (Å²) in [5.41, 5.74) is 8.96. The van der Waals surface area contributed by atoms with Crippen LogP contribution in [0, 0.1) is 10.8 Å². The molecule has 0 bridgehead atoms. The molecule has 6 nitrogen and oxygen atoms in total. The first kappa shape index (κ1) is 17.6. The summed E-state index contributed by atoms with van der Waals surface area (Å²) in [6.45, 7) is 6.70. The summed E-state index contributed by atoms with van der Waals surface area (Å²) in [5.74, 6) is -0.138. The number of nitrogens with two attached hydrogens (primary N) is 2. The highest BCUT2D eigenvalue weighted by molar-refractivity contribution is 8.59. The van der Waals surface area contributed by atoms with Gasteiger partial charge in [0.15, 0.2) is 0 Å². The van der Waals surface area contributed by atoms with E-state index < -0.39 is 11.1 Å². The SMILES string of the molecule is CC(C)(N=NC(C)(C)C(=N)N)C(=N)N.SS. The van der Waals surface area contributed by atoms with Gasteiger partial charge in [0.25, 0.3) is 0 Å². The second-order valence-corrected chi connectivity index (χ2v) is 4.15. The third-order valence-corrected chi connectivity index (χ3v) is 1.87. The van der Waals surface area contributed by atoms with Gasteiger partial charge in [0.05, 0.1) is 0 Å². The number of azo groups is 1. The predicted molar refractivity (Wildman–Crippen MR) is 74.8 cm³/mol. The summed E-state index contributed by atoms with van der Waals surface area (Å²) in [6.07, 6.45) is 0. The van der Waals surface area contributed by atoms with Gasteiger partial charge in [0.2, 0.25) is 0 Å². The van der Waals surface area contributed by atoms with Crippen molar-refractivity contribution >= 4 is 35.0 Å². The molecule has 0 aromatic carbocycles. The van der Waals surface area contributed by atoms with Gasteiger partial charge in [-0.05, 0) is 27.7 Å². The summed E-state index contributed by atoms with van der Waals surface area (Å²) in [7, 11) is 0. The Labute approximate surface area is 107 Å². The Morgan fingerprint density at radius 3 is 1.19 bits per heavy atom. The van der Waals surface area contributed by atoms with Gasteiger partial charge in [-0.15, -0.1) is 23.3 Å². The number of nitrogens with zero attached hydrogens (tertiary/aromatic N) is 2. The molecule has 8 heteroatoms. The number of nitrogens with one attached hydrogen (secondary N) is 2. The Bertz CT molecular complexity index is 256. The maximum absolute atomic E-state index is 7.25. The van der Waals surface area contributed by atoms with Crippen LogP contribution in [0.25, 0.3) is 0 Å². The fraction of sp³-hybridized carbons (Fsp3) is 0.750. The van der Waals surface area contributed by atoms with Crippen LogP contribution in [0.1, 0.15) is 27.7 Å². The Hall–Kier alpha value is -0.760. The maximum Gasteiger partial charge on any atom is 0.132 e. The molecule has 0 spiro atoms. The zero-order chi connectivity index (χ0) is 13.6. The monoisotopic (exact) mass is 264 g/mol. The van der Waals surface area contributed by atoms with Crippen molar-refractivity contribution in [3.8, 4) is 0 Å². The van der Waals surface area contributed by atoms with E-state index in [9.17, 15) is 0 Å². The minimum Gasteiger partial charge on any atom is -0.386 e. The highest BCUT2D eigenvalue weighted by atomic mass is 33.1. The average molecular weight is 264 g/mol. The molecular formula is C8H20N6S2. The number of hydrogen-bond acceptors (Lipinski definition) is 6. The first-order valence-electron chi connectivity index (χ1n) is 4.42.